The number of carbonyl (C=O) groups excluding carboxylic acids is 1. The number of aliphatic hydroxyl groups is 1. The summed E-state index contributed by atoms with van der Waals surface area (Å²) in [5.41, 5.74) is 1.61. The van der Waals surface area contributed by atoms with Gasteiger partial charge in [0.25, 0.3) is 5.91 Å². The number of carbonyl (C=O) groups is 1. The molecule has 1 amide bonds. The zero-order chi connectivity index (χ0) is 22.2. The minimum Gasteiger partial charge on any atom is -0.496 e. The van der Waals surface area contributed by atoms with Crippen LogP contribution >= 0.6 is 23.2 Å². The number of halogens is 2. The third-order valence-electron chi connectivity index (χ3n) is 4.78. The molecule has 1 aliphatic heterocycles. The predicted octanol–water partition coefficient (Wildman–Crippen LogP) is 3.71. The molecule has 1 saturated heterocycles. The highest BCUT2D eigenvalue weighted by Gasteiger charge is 2.24. The molecule has 168 valence electrons. The monoisotopic (exact) mass is 469 g/mol. The van der Waals surface area contributed by atoms with E-state index in [-0.39, 0.29) is 31.8 Å². The molecule has 2 unspecified atom stereocenters. The summed E-state index contributed by atoms with van der Waals surface area (Å²) in [7, 11) is 1.56. The van der Waals surface area contributed by atoms with Crippen molar-refractivity contribution in [1.29, 1.82) is 0 Å². The smallest absolute Gasteiger partial charge is 0.258 e. The van der Waals surface area contributed by atoms with Crippen molar-refractivity contribution in [1.82, 2.24) is 5.32 Å². The van der Waals surface area contributed by atoms with Crippen molar-refractivity contribution >= 4 is 29.1 Å². The maximum atomic E-state index is 12.2. The summed E-state index contributed by atoms with van der Waals surface area (Å²) >= 11 is 11.9. The van der Waals surface area contributed by atoms with Crippen LogP contribution in [0.1, 0.15) is 24.0 Å². The topological polar surface area (TPSA) is 86.3 Å². The van der Waals surface area contributed by atoms with E-state index in [9.17, 15) is 9.90 Å². The van der Waals surface area contributed by atoms with Crippen LogP contribution in [0.3, 0.4) is 0 Å². The first-order chi connectivity index (χ1) is 15.0. The van der Waals surface area contributed by atoms with Gasteiger partial charge in [-0.2, -0.15) is 0 Å². The summed E-state index contributed by atoms with van der Waals surface area (Å²) in [6, 6.07) is 10.3. The first-order valence-electron chi connectivity index (χ1n) is 9.88. The number of aliphatic hydroxyl groups excluding tert-OH is 1. The molecule has 31 heavy (non-hydrogen) atoms. The Balaban J connectivity index is 1.51. The summed E-state index contributed by atoms with van der Waals surface area (Å²) in [5, 5.41) is 13.7. The Morgan fingerprint density at radius 3 is 2.77 bits per heavy atom. The van der Waals surface area contributed by atoms with Crippen LogP contribution in [0.5, 0.6) is 11.5 Å². The minimum absolute atomic E-state index is 0.194. The third-order valence-corrected chi connectivity index (χ3v) is 5.31. The van der Waals surface area contributed by atoms with E-state index in [4.69, 9.17) is 42.1 Å². The van der Waals surface area contributed by atoms with Gasteiger partial charge in [-0.1, -0.05) is 29.3 Å². The maximum absolute atomic E-state index is 12.2. The maximum Gasteiger partial charge on any atom is 0.258 e. The van der Waals surface area contributed by atoms with Gasteiger partial charge in [-0.15, -0.1) is 0 Å². The number of hydrogen-bond acceptors (Lipinski definition) is 6. The van der Waals surface area contributed by atoms with Crippen LogP contribution in [0.2, 0.25) is 10.0 Å². The SMILES string of the molecule is COc1ccc(COC(O)C2CCCO2)cc1CNC(=O)COc1ccc(Cl)cc1Cl. The van der Waals surface area contributed by atoms with Crippen LogP contribution in [-0.2, 0) is 27.4 Å². The van der Waals surface area contributed by atoms with Crippen molar-refractivity contribution < 1.29 is 28.8 Å². The van der Waals surface area contributed by atoms with E-state index < -0.39 is 6.29 Å². The standard InChI is InChI=1S/C22H25Cl2NO6/c1-28-18-6-4-14(12-31-22(27)20-3-2-8-29-20)9-15(18)11-25-21(26)13-30-19-7-5-16(23)10-17(19)24/h4-7,9-10,20,22,27H,2-3,8,11-13H2,1H3,(H,25,26). The summed E-state index contributed by atoms with van der Waals surface area (Å²) in [5.74, 6) is 0.691. The highest BCUT2D eigenvalue weighted by atomic mass is 35.5. The lowest BCUT2D eigenvalue weighted by molar-refractivity contribution is -0.171. The number of hydrogen-bond donors (Lipinski definition) is 2. The number of amides is 1. The molecule has 2 aromatic rings. The van der Waals surface area contributed by atoms with Crippen molar-refractivity contribution in [2.45, 2.75) is 38.4 Å². The molecule has 0 aromatic heterocycles. The minimum atomic E-state index is -0.968. The fourth-order valence-electron chi connectivity index (χ4n) is 3.16. The molecule has 3 rings (SSSR count). The molecule has 9 heteroatoms. The van der Waals surface area contributed by atoms with Gasteiger partial charge in [-0.25, -0.2) is 0 Å². The molecule has 0 spiro atoms. The molecular formula is C22H25Cl2NO6. The number of benzene rings is 2. The normalized spacial score (nSPS) is 16.7. The fourth-order valence-corrected chi connectivity index (χ4v) is 3.62. The highest BCUT2D eigenvalue weighted by Crippen LogP contribution is 2.27. The van der Waals surface area contributed by atoms with Gasteiger partial charge in [-0.05, 0) is 48.7 Å². The van der Waals surface area contributed by atoms with Crippen molar-refractivity contribution in [3.63, 3.8) is 0 Å². The van der Waals surface area contributed by atoms with Crippen molar-refractivity contribution in [2.75, 3.05) is 20.3 Å². The predicted molar refractivity (Wildman–Crippen MR) is 117 cm³/mol. The van der Waals surface area contributed by atoms with Crippen LogP contribution in [0, 0.1) is 0 Å². The van der Waals surface area contributed by atoms with E-state index in [1.54, 1.807) is 31.4 Å². The lowest BCUT2D eigenvalue weighted by Gasteiger charge is -2.18. The molecule has 0 radical (unpaired) electrons. The summed E-state index contributed by atoms with van der Waals surface area (Å²) in [6.07, 6.45) is 0.450. The van der Waals surface area contributed by atoms with Crippen molar-refractivity contribution in [3.05, 3.63) is 57.6 Å². The molecule has 1 heterocycles. The molecule has 0 bridgehead atoms. The second kappa shape index (κ2) is 11.5. The lowest BCUT2D eigenvalue weighted by atomic mass is 10.1. The number of nitrogens with one attached hydrogen (secondary N) is 1. The van der Waals surface area contributed by atoms with E-state index in [0.29, 0.717) is 28.2 Å². The second-order valence-electron chi connectivity index (χ2n) is 7.04. The van der Waals surface area contributed by atoms with Crippen LogP contribution in [-0.4, -0.2) is 43.7 Å². The number of methoxy groups -OCH3 is 1. The van der Waals surface area contributed by atoms with Crippen LogP contribution in [0.4, 0.5) is 0 Å². The largest absolute Gasteiger partial charge is 0.496 e. The highest BCUT2D eigenvalue weighted by molar-refractivity contribution is 6.35. The van der Waals surface area contributed by atoms with Crippen LogP contribution < -0.4 is 14.8 Å². The van der Waals surface area contributed by atoms with Crippen molar-refractivity contribution in [2.24, 2.45) is 0 Å². The fraction of sp³-hybridized carbons (Fsp3) is 0.409. The third kappa shape index (κ3) is 6.98. The molecule has 2 aromatic carbocycles. The first kappa shape index (κ1) is 23.6. The lowest BCUT2D eigenvalue weighted by Crippen LogP contribution is -2.29. The molecule has 2 atom stereocenters. The van der Waals surface area contributed by atoms with Gasteiger partial charge in [0.2, 0.25) is 0 Å². The van der Waals surface area contributed by atoms with Gasteiger partial charge >= 0.3 is 0 Å². The second-order valence-corrected chi connectivity index (χ2v) is 7.88. The van der Waals surface area contributed by atoms with Crippen molar-refractivity contribution in [3.8, 4) is 11.5 Å². The average molecular weight is 470 g/mol. The van der Waals surface area contributed by atoms with Gasteiger partial charge < -0.3 is 29.4 Å². The summed E-state index contributed by atoms with van der Waals surface area (Å²) in [4.78, 5) is 12.2. The molecule has 7 nitrogen and oxygen atoms in total. The molecule has 2 N–H and O–H groups in total. The Hall–Kier alpha value is -2.03. The zero-order valence-electron chi connectivity index (χ0n) is 17.1. The molecule has 1 aliphatic rings. The molecule has 0 saturated carbocycles. The molecule has 1 fully saturated rings. The van der Waals surface area contributed by atoms with Gasteiger partial charge in [0.1, 0.15) is 17.6 Å². The Morgan fingerprint density at radius 1 is 1.26 bits per heavy atom. The zero-order valence-corrected chi connectivity index (χ0v) is 18.6. The van der Waals surface area contributed by atoms with E-state index in [0.717, 1.165) is 24.0 Å². The Labute approximate surface area is 191 Å². The van der Waals surface area contributed by atoms with Gasteiger partial charge in [0.05, 0.1) is 18.7 Å². The van der Waals surface area contributed by atoms with E-state index >= 15 is 0 Å². The van der Waals surface area contributed by atoms with Gasteiger partial charge in [0.15, 0.2) is 12.9 Å². The van der Waals surface area contributed by atoms with E-state index in [2.05, 4.69) is 5.32 Å². The quantitative estimate of drug-likeness (QED) is 0.515. The number of rotatable bonds is 10. The average Bonchev–Trinajstić information content (AvgIpc) is 3.30. The Bertz CT molecular complexity index is 888. The number of ether oxygens (including phenoxy) is 4. The van der Waals surface area contributed by atoms with Crippen LogP contribution in [0.15, 0.2) is 36.4 Å². The first-order valence-corrected chi connectivity index (χ1v) is 10.6. The van der Waals surface area contributed by atoms with Crippen LogP contribution in [0.25, 0.3) is 0 Å². The van der Waals surface area contributed by atoms with E-state index in [1.807, 2.05) is 12.1 Å². The van der Waals surface area contributed by atoms with E-state index in [1.165, 1.54) is 0 Å². The Kier molecular flexibility index (Phi) is 8.80. The van der Waals surface area contributed by atoms with Gasteiger partial charge in [-0.3, -0.25) is 4.79 Å². The molecular weight excluding hydrogens is 445 g/mol. The summed E-state index contributed by atoms with van der Waals surface area (Å²) in [6.45, 7) is 0.900. The Morgan fingerprint density at radius 2 is 2.06 bits per heavy atom. The summed E-state index contributed by atoms with van der Waals surface area (Å²) < 4.78 is 21.8. The van der Waals surface area contributed by atoms with Gasteiger partial charge in [0, 0.05) is 23.7 Å². The molecule has 0 aliphatic carbocycles.